The maximum absolute atomic E-state index is 12.0. The fourth-order valence-corrected chi connectivity index (χ4v) is 2.02. The maximum Gasteiger partial charge on any atom is 0.356 e. The molecule has 1 aromatic carbocycles. The van der Waals surface area contributed by atoms with Crippen molar-refractivity contribution in [3.05, 3.63) is 42.2 Å². The molecule has 7 nitrogen and oxygen atoms in total. The molecule has 2 rings (SSSR count). The number of carbonyl (C=O) groups excluding carboxylic acids is 1. The summed E-state index contributed by atoms with van der Waals surface area (Å²) in [6, 6.07) is 8.49. The van der Waals surface area contributed by atoms with E-state index in [4.69, 9.17) is 9.84 Å². The number of ether oxygens (including phenoxy) is 1. The minimum Gasteiger partial charge on any atom is -0.476 e. The number of carboxylic acid groups (broad SMARTS) is 1. The van der Waals surface area contributed by atoms with Gasteiger partial charge in [0.1, 0.15) is 0 Å². The van der Waals surface area contributed by atoms with E-state index in [1.165, 1.54) is 10.7 Å². The summed E-state index contributed by atoms with van der Waals surface area (Å²) in [6.45, 7) is 1.90. The number of para-hydroxylation sites is 2. The second kappa shape index (κ2) is 7.55. The molecular formula is C16H19N3O4. The van der Waals surface area contributed by atoms with Gasteiger partial charge in [0, 0.05) is 19.7 Å². The fourth-order valence-electron chi connectivity index (χ4n) is 2.02. The van der Waals surface area contributed by atoms with Crippen LogP contribution in [0, 0.1) is 0 Å². The second-order valence-corrected chi connectivity index (χ2v) is 5.10. The predicted molar refractivity (Wildman–Crippen MR) is 84.9 cm³/mol. The van der Waals surface area contributed by atoms with E-state index in [0.717, 1.165) is 0 Å². The smallest absolute Gasteiger partial charge is 0.356 e. The zero-order chi connectivity index (χ0) is 16.8. The van der Waals surface area contributed by atoms with Crippen LogP contribution >= 0.6 is 0 Å². The number of hydrogen-bond donors (Lipinski definition) is 2. The first-order valence-electron chi connectivity index (χ1n) is 7.22. The fraction of sp³-hybridized carbons (Fsp3) is 0.312. The van der Waals surface area contributed by atoms with Gasteiger partial charge in [-0.2, -0.15) is 5.10 Å². The highest BCUT2D eigenvalue weighted by Crippen LogP contribution is 2.20. The van der Waals surface area contributed by atoms with Crippen LogP contribution in [-0.2, 0) is 9.53 Å². The van der Waals surface area contributed by atoms with Crippen molar-refractivity contribution >= 4 is 17.6 Å². The van der Waals surface area contributed by atoms with Crippen molar-refractivity contribution in [3.63, 3.8) is 0 Å². The quantitative estimate of drug-likeness (QED) is 0.817. The zero-order valence-electron chi connectivity index (χ0n) is 13.0. The summed E-state index contributed by atoms with van der Waals surface area (Å²) in [5.41, 5.74) is 1.12. The first kappa shape index (κ1) is 16.7. The number of carboxylic acids is 1. The van der Waals surface area contributed by atoms with Gasteiger partial charge < -0.3 is 15.2 Å². The molecule has 1 unspecified atom stereocenters. The van der Waals surface area contributed by atoms with E-state index in [1.54, 1.807) is 37.6 Å². The molecule has 1 heterocycles. The standard InChI is InChI=1S/C16H19N3O4/c1-11(23-2)7-8-15(20)17-12-5-3-4-6-14(12)19-10-9-13(18-19)16(21)22/h3-6,9-11H,7-8H2,1-2H3,(H,17,20)(H,21,22). The number of carbonyl (C=O) groups is 2. The highest BCUT2D eigenvalue weighted by Gasteiger charge is 2.12. The molecule has 0 bridgehead atoms. The van der Waals surface area contributed by atoms with Crippen LogP contribution in [0.2, 0.25) is 0 Å². The summed E-state index contributed by atoms with van der Waals surface area (Å²) in [7, 11) is 1.61. The molecule has 2 aromatic rings. The number of hydrogen-bond acceptors (Lipinski definition) is 4. The Kier molecular flexibility index (Phi) is 5.48. The molecule has 0 saturated carbocycles. The van der Waals surface area contributed by atoms with Gasteiger partial charge in [0.15, 0.2) is 5.69 Å². The van der Waals surface area contributed by atoms with E-state index < -0.39 is 5.97 Å². The monoisotopic (exact) mass is 317 g/mol. The average Bonchev–Trinajstić information content (AvgIpc) is 3.03. The minimum atomic E-state index is -1.10. The summed E-state index contributed by atoms with van der Waals surface area (Å²) in [5, 5.41) is 15.8. The summed E-state index contributed by atoms with van der Waals surface area (Å²) < 4.78 is 6.55. The molecule has 0 aliphatic carbocycles. The maximum atomic E-state index is 12.0. The second-order valence-electron chi connectivity index (χ2n) is 5.10. The average molecular weight is 317 g/mol. The summed E-state index contributed by atoms with van der Waals surface area (Å²) in [4.78, 5) is 23.0. The van der Waals surface area contributed by atoms with Gasteiger partial charge in [-0.3, -0.25) is 4.79 Å². The first-order valence-corrected chi connectivity index (χ1v) is 7.22. The number of methoxy groups -OCH3 is 1. The van der Waals surface area contributed by atoms with Gasteiger partial charge >= 0.3 is 5.97 Å². The van der Waals surface area contributed by atoms with Crippen molar-refractivity contribution < 1.29 is 19.4 Å². The lowest BCUT2D eigenvalue weighted by Crippen LogP contribution is -2.16. The van der Waals surface area contributed by atoms with Crippen LogP contribution in [0.25, 0.3) is 5.69 Å². The minimum absolute atomic E-state index is 0.0141. The van der Waals surface area contributed by atoms with Crippen LogP contribution in [0.15, 0.2) is 36.5 Å². The molecule has 0 spiro atoms. The summed E-state index contributed by atoms with van der Waals surface area (Å²) in [6.07, 6.45) is 2.51. The van der Waals surface area contributed by atoms with E-state index in [-0.39, 0.29) is 17.7 Å². The van der Waals surface area contributed by atoms with Crippen molar-refractivity contribution in [1.29, 1.82) is 0 Å². The Balaban J connectivity index is 2.14. The Hall–Kier alpha value is -2.67. The van der Waals surface area contributed by atoms with Crippen molar-refractivity contribution in [1.82, 2.24) is 9.78 Å². The largest absolute Gasteiger partial charge is 0.476 e. The van der Waals surface area contributed by atoms with Gasteiger partial charge in [-0.05, 0) is 31.5 Å². The molecule has 0 radical (unpaired) electrons. The Morgan fingerprint density at radius 1 is 1.35 bits per heavy atom. The third-order valence-corrected chi connectivity index (χ3v) is 3.41. The first-order chi connectivity index (χ1) is 11.0. The van der Waals surface area contributed by atoms with Crippen molar-refractivity contribution in [2.75, 3.05) is 12.4 Å². The molecule has 1 aromatic heterocycles. The number of anilines is 1. The number of rotatable bonds is 7. The van der Waals surface area contributed by atoms with E-state index >= 15 is 0 Å². The van der Waals surface area contributed by atoms with Crippen LogP contribution in [-0.4, -0.2) is 40.0 Å². The van der Waals surface area contributed by atoms with Gasteiger partial charge in [0.2, 0.25) is 5.91 Å². The topological polar surface area (TPSA) is 93.5 Å². The molecule has 1 amide bonds. The van der Waals surface area contributed by atoms with E-state index in [9.17, 15) is 9.59 Å². The molecule has 7 heteroatoms. The molecule has 23 heavy (non-hydrogen) atoms. The molecule has 1 atom stereocenters. The Morgan fingerprint density at radius 3 is 2.74 bits per heavy atom. The Labute approximate surface area is 133 Å². The van der Waals surface area contributed by atoms with Crippen LogP contribution in [0.4, 0.5) is 5.69 Å². The van der Waals surface area contributed by atoms with Crippen LogP contribution < -0.4 is 5.32 Å². The highest BCUT2D eigenvalue weighted by molar-refractivity contribution is 5.92. The van der Waals surface area contributed by atoms with Crippen molar-refractivity contribution in [3.8, 4) is 5.69 Å². The summed E-state index contributed by atoms with van der Waals surface area (Å²) in [5.74, 6) is -1.23. The van der Waals surface area contributed by atoms with Crippen molar-refractivity contribution in [2.24, 2.45) is 0 Å². The number of nitrogens with zero attached hydrogens (tertiary/aromatic N) is 2. The highest BCUT2D eigenvalue weighted by atomic mass is 16.5. The third kappa shape index (κ3) is 4.40. The summed E-state index contributed by atoms with van der Waals surface area (Å²) >= 11 is 0. The SMILES string of the molecule is COC(C)CCC(=O)Nc1ccccc1-n1ccc(C(=O)O)n1. The number of benzene rings is 1. The molecule has 122 valence electrons. The van der Waals surface area contributed by atoms with E-state index in [2.05, 4.69) is 10.4 Å². The van der Waals surface area contributed by atoms with Crippen LogP contribution in [0.3, 0.4) is 0 Å². The van der Waals surface area contributed by atoms with Crippen LogP contribution in [0.1, 0.15) is 30.3 Å². The lowest BCUT2D eigenvalue weighted by atomic mass is 10.2. The lowest BCUT2D eigenvalue weighted by Gasteiger charge is -2.12. The predicted octanol–water partition coefficient (Wildman–Crippen LogP) is 2.32. The number of aromatic nitrogens is 2. The molecule has 0 aliphatic heterocycles. The Morgan fingerprint density at radius 2 is 2.09 bits per heavy atom. The normalized spacial score (nSPS) is 11.9. The lowest BCUT2D eigenvalue weighted by molar-refractivity contribution is -0.116. The molecule has 0 saturated heterocycles. The van der Waals surface area contributed by atoms with Gasteiger partial charge in [-0.1, -0.05) is 12.1 Å². The molecule has 2 N–H and O–H groups in total. The molecular weight excluding hydrogens is 298 g/mol. The van der Waals surface area contributed by atoms with E-state index in [1.807, 2.05) is 6.92 Å². The van der Waals surface area contributed by atoms with Crippen molar-refractivity contribution in [2.45, 2.75) is 25.9 Å². The third-order valence-electron chi connectivity index (χ3n) is 3.41. The van der Waals surface area contributed by atoms with E-state index in [0.29, 0.717) is 24.2 Å². The zero-order valence-corrected chi connectivity index (χ0v) is 13.0. The van der Waals surface area contributed by atoms with Gasteiger partial charge in [0.05, 0.1) is 17.5 Å². The van der Waals surface area contributed by atoms with Gasteiger partial charge in [0.25, 0.3) is 0 Å². The van der Waals surface area contributed by atoms with Crippen LogP contribution in [0.5, 0.6) is 0 Å². The van der Waals surface area contributed by atoms with Gasteiger partial charge in [-0.15, -0.1) is 0 Å². The number of nitrogens with one attached hydrogen (secondary N) is 1. The molecule has 0 fully saturated rings. The Bertz CT molecular complexity index is 696. The number of amides is 1. The van der Waals surface area contributed by atoms with Gasteiger partial charge in [-0.25, -0.2) is 9.48 Å². The molecule has 0 aliphatic rings. The number of aromatic carboxylic acids is 1.